The predicted molar refractivity (Wildman–Crippen MR) is 215 cm³/mol. The van der Waals surface area contributed by atoms with Crippen LogP contribution in [-0.4, -0.2) is 127 Å². The number of phosphoric acid groups is 1. The normalized spacial score (nSPS) is 29.1. The van der Waals surface area contributed by atoms with Crippen LogP contribution in [-0.2, 0) is 51.9 Å². The number of ether oxygens (including phenoxy) is 5. The number of anilines is 2. The third-order valence-electron chi connectivity index (χ3n) is 9.70. The quantitative estimate of drug-likeness (QED) is 0.0438. The van der Waals surface area contributed by atoms with Crippen LogP contribution in [0.1, 0.15) is 24.4 Å². The highest BCUT2D eigenvalue weighted by Gasteiger charge is 2.53. The minimum atomic E-state index is -5.03. The van der Waals surface area contributed by atoms with Crippen LogP contribution in [0.3, 0.4) is 0 Å². The van der Waals surface area contributed by atoms with Gasteiger partial charge in [0.2, 0.25) is 0 Å². The Balaban J connectivity index is 0.983. The van der Waals surface area contributed by atoms with Crippen LogP contribution in [0.15, 0.2) is 54.7 Å². The van der Waals surface area contributed by atoms with E-state index in [-0.39, 0.29) is 48.1 Å². The van der Waals surface area contributed by atoms with Crippen LogP contribution >= 0.6 is 26.0 Å². The number of benzene rings is 1. The van der Waals surface area contributed by atoms with Gasteiger partial charge in [-0.25, -0.2) is 43.4 Å². The molecule has 3 saturated heterocycles. The molecule has 1 aromatic carbocycles. The third-order valence-corrected chi connectivity index (χ3v) is 14.4. The van der Waals surface area contributed by atoms with E-state index in [4.69, 9.17) is 58.8 Å². The number of fused-ring (bicyclic) bond motifs is 4. The summed E-state index contributed by atoms with van der Waals surface area (Å²) in [5, 5.41) is 3.39. The molecule has 0 spiro atoms. The lowest BCUT2D eigenvalue weighted by Gasteiger charge is -2.28. The van der Waals surface area contributed by atoms with Crippen molar-refractivity contribution < 1.29 is 60.2 Å². The summed E-state index contributed by atoms with van der Waals surface area (Å²) < 4.78 is 99.6. The van der Waals surface area contributed by atoms with Crippen molar-refractivity contribution in [2.75, 3.05) is 64.3 Å². The Morgan fingerprint density at radius 3 is 2.24 bits per heavy atom. The second-order valence-corrected chi connectivity index (χ2v) is 19.1. The van der Waals surface area contributed by atoms with E-state index in [1.54, 1.807) is 28.8 Å². The molecule has 8 rings (SSSR count). The van der Waals surface area contributed by atoms with Gasteiger partial charge < -0.3 is 40.0 Å². The number of azide groups is 1. The standard InChI is InChI=1S/C33H40FN13O12P2S/c34-25-28-23(57-33(25)47-18-43-27-30(36)39-16-41-32(27)47)13-55-61(50,62-14-19-1-3-20(4-2-19)53-10-9-52-8-7-51-6-5-44-45-37)58-21-11-24(56-22(21)12-54-60(48,49)59-28)46-17-42-26-29(35)38-15-40-31(26)46/h1-4,15-18,21-25,28,33H,5-14H2,(H,48,49)(H2,35,38,40)(H2,36,39,41)/t21-,22+,23+,24+,25+,28+,33+,61+/m0/s1. The summed E-state index contributed by atoms with van der Waals surface area (Å²) in [4.78, 5) is 38.3. The zero-order valence-electron chi connectivity index (χ0n) is 32.4. The maximum atomic E-state index is 16.4. The zero-order valence-corrected chi connectivity index (χ0v) is 35.0. The summed E-state index contributed by atoms with van der Waals surface area (Å²) in [6.45, 7) is -3.65. The lowest BCUT2D eigenvalue weighted by Crippen LogP contribution is -2.35. The van der Waals surface area contributed by atoms with E-state index in [1.165, 1.54) is 29.9 Å². The maximum Gasteiger partial charge on any atom is 0.472 e. The summed E-state index contributed by atoms with van der Waals surface area (Å²) in [7, 11) is -5.03. The van der Waals surface area contributed by atoms with Gasteiger partial charge in [0, 0.05) is 23.6 Å². The number of nitrogens with two attached hydrogens (primary N) is 2. The number of halogens is 1. The van der Waals surface area contributed by atoms with Crippen molar-refractivity contribution in [1.82, 2.24) is 39.0 Å². The predicted octanol–water partition coefficient (Wildman–Crippen LogP) is 4.04. The lowest BCUT2D eigenvalue weighted by molar-refractivity contribution is -0.0602. The minimum Gasteiger partial charge on any atom is -0.491 e. The molecule has 7 heterocycles. The van der Waals surface area contributed by atoms with E-state index in [0.29, 0.717) is 43.3 Å². The average Bonchev–Trinajstić information content (AvgIpc) is 4.05. The van der Waals surface area contributed by atoms with Gasteiger partial charge in [-0.3, -0.25) is 27.2 Å². The van der Waals surface area contributed by atoms with Crippen molar-refractivity contribution in [3.8, 4) is 5.75 Å². The SMILES string of the molecule is [N-]=[N+]=NCCOCCOCCOc1ccc(CS[P@]2(=O)OC[C@H]3O[C@@H](n4cnc5c(N)ncnc54)[C@H](F)[C@@H]3OP(=O)(O)OC[C@H]3O[C@@H](n4cnc5c(N)ncnc54)C[C@@H]3O2)cc1. The van der Waals surface area contributed by atoms with Crippen LogP contribution in [0.4, 0.5) is 16.0 Å². The monoisotopic (exact) mass is 923 g/mol. The molecular weight excluding hydrogens is 883 g/mol. The van der Waals surface area contributed by atoms with E-state index >= 15 is 4.39 Å². The van der Waals surface area contributed by atoms with Crippen molar-refractivity contribution in [3.63, 3.8) is 0 Å². The molecular formula is C33H40FN13O12P2S. The molecule has 62 heavy (non-hydrogen) atoms. The molecule has 0 radical (unpaired) electrons. The number of imidazole rings is 2. The van der Waals surface area contributed by atoms with Gasteiger partial charge in [0.1, 0.15) is 66.7 Å². The number of nitrogen functional groups attached to an aromatic ring is 2. The second-order valence-electron chi connectivity index (χ2n) is 13.7. The Labute approximate surface area is 354 Å². The van der Waals surface area contributed by atoms with E-state index in [9.17, 15) is 14.0 Å². The summed E-state index contributed by atoms with van der Waals surface area (Å²) in [6.07, 6.45) is -4.71. The summed E-state index contributed by atoms with van der Waals surface area (Å²) >= 11 is 0.855. The molecule has 5 N–H and O–H groups in total. The minimum absolute atomic E-state index is 0.0317. The maximum absolute atomic E-state index is 16.4. The Morgan fingerprint density at radius 2 is 1.52 bits per heavy atom. The second kappa shape index (κ2) is 19.4. The van der Waals surface area contributed by atoms with Gasteiger partial charge in [0.05, 0.1) is 52.3 Å². The fourth-order valence-electron chi connectivity index (χ4n) is 6.75. The van der Waals surface area contributed by atoms with Crippen LogP contribution in [0.25, 0.3) is 32.8 Å². The molecule has 0 amide bonds. The molecule has 4 aromatic heterocycles. The Morgan fingerprint density at radius 1 is 0.855 bits per heavy atom. The molecule has 5 aromatic rings. The molecule has 3 fully saturated rings. The van der Waals surface area contributed by atoms with Crippen molar-refractivity contribution in [1.29, 1.82) is 0 Å². The number of nitrogens with zero attached hydrogens (tertiary/aromatic N) is 11. The van der Waals surface area contributed by atoms with Gasteiger partial charge >= 0.3 is 14.6 Å². The highest BCUT2D eigenvalue weighted by molar-refractivity contribution is 8.54. The molecule has 0 aliphatic carbocycles. The van der Waals surface area contributed by atoms with Crippen molar-refractivity contribution in [2.24, 2.45) is 5.11 Å². The molecule has 332 valence electrons. The first-order chi connectivity index (χ1) is 30.0. The Bertz CT molecular complexity index is 2490. The first-order valence-corrected chi connectivity index (χ1v) is 23.6. The fraction of sp³-hybridized carbons (Fsp3) is 0.515. The molecule has 25 nitrogen and oxygen atoms in total. The first-order valence-electron chi connectivity index (χ1n) is 18.9. The van der Waals surface area contributed by atoms with Crippen LogP contribution in [0.2, 0.25) is 0 Å². The van der Waals surface area contributed by atoms with Gasteiger partial charge in [0.15, 0.2) is 35.3 Å². The van der Waals surface area contributed by atoms with Crippen LogP contribution in [0.5, 0.6) is 5.75 Å². The average molecular weight is 924 g/mol. The fourth-order valence-corrected chi connectivity index (χ4v) is 11.1. The van der Waals surface area contributed by atoms with Gasteiger partial charge in [-0.2, -0.15) is 0 Å². The number of alkyl halides is 1. The van der Waals surface area contributed by atoms with E-state index < -0.39 is 70.9 Å². The van der Waals surface area contributed by atoms with Crippen LogP contribution < -0.4 is 16.2 Å². The number of phosphoric ester groups is 1. The van der Waals surface area contributed by atoms with Gasteiger partial charge in [0.25, 0.3) is 0 Å². The summed E-state index contributed by atoms with van der Waals surface area (Å²) in [6, 6.07) is 7.03. The molecule has 1 unspecified atom stereocenters. The van der Waals surface area contributed by atoms with Gasteiger partial charge in [-0.15, -0.1) is 0 Å². The number of rotatable bonds is 15. The summed E-state index contributed by atoms with van der Waals surface area (Å²) in [5.74, 6) is 0.860. The first kappa shape index (κ1) is 44.0. The zero-order chi connectivity index (χ0) is 43.3. The highest BCUT2D eigenvalue weighted by atomic mass is 32.7. The summed E-state index contributed by atoms with van der Waals surface area (Å²) in [5.41, 5.74) is 21.9. The Hall–Kier alpha value is -4.59. The van der Waals surface area contributed by atoms with E-state index in [2.05, 4.69) is 39.9 Å². The molecule has 0 bridgehead atoms. The van der Waals surface area contributed by atoms with Crippen molar-refractivity contribution >= 4 is 60.0 Å². The molecule has 3 aliphatic heterocycles. The van der Waals surface area contributed by atoms with E-state index in [0.717, 1.165) is 16.9 Å². The molecule has 0 saturated carbocycles. The lowest BCUT2D eigenvalue weighted by atomic mass is 10.1. The molecule has 29 heteroatoms. The van der Waals surface area contributed by atoms with E-state index in [1.807, 2.05) is 0 Å². The van der Waals surface area contributed by atoms with Gasteiger partial charge in [-0.05, 0) is 34.6 Å². The van der Waals surface area contributed by atoms with Crippen molar-refractivity contribution in [3.05, 3.63) is 65.6 Å². The number of hydrogen-bond acceptors (Lipinski definition) is 21. The highest BCUT2D eigenvalue weighted by Crippen LogP contribution is 2.64. The third kappa shape index (κ3) is 10.1. The molecule has 3 aliphatic rings. The largest absolute Gasteiger partial charge is 0.491 e. The molecule has 9 atom stereocenters. The number of hydrogen-bond donors (Lipinski definition) is 3. The number of aromatic nitrogens is 8. The van der Waals surface area contributed by atoms with Crippen molar-refractivity contribution in [2.45, 2.75) is 55.2 Å². The Kier molecular flexibility index (Phi) is 13.8. The van der Waals surface area contributed by atoms with Gasteiger partial charge in [-0.1, -0.05) is 17.2 Å². The smallest absolute Gasteiger partial charge is 0.472 e. The van der Waals surface area contributed by atoms with Crippen LogP contribution in [0, 0.1) is 0 Å². The topological polar surface area (TPSA) is 325 Å².